The molecule has 0 aliphatic rings. The van der Waals surface area contributed by atoms with E-state index in [1.165, 1.54) is 0 Å². The van der Waals surface area contributed by atoms with E-state index < -0.39 is 5.54 Å². The fraction of sp³-hybridized carbons (Fsp3) is 0.184. The van der Waals surface area contributed by atoms with Gasteiger partial charge < -0.3 is 10.6 Å². The molecule has 6 nitrogen and oxygen atoms in total. The maximum atomic E-state index is 13.2. The molecular weight excluding hydrogens is 542 g/mol. The van der Waals surface area contributed by atoms with Gasteiger partial charge in [-0.2, -0.15) is 5.10 Å². The minimum atomic E-state index is -0.793. The van der Waals surface area contributed by atoms with Crippen molar-refractivity contribution in [1.82, 2.24) is 20.1 Å². The second kappa shape index (κ2) is 13.4. The Bertz CT molecular complexity index is 1710. The van der Waals surface area contributed by atoms with Crippen molar-refractivity contribution in [2.24, 2.45) is 0 Å². The quantitative estimate of drug-likeness (QED) is 0.162. The minimum absolute atomic E-state index is 0. The molecule has 6 heteroatoms. The molecule has 44 heavy (non-hydrogen) atoms. The first-order valence-corrected chi connectivity index (χ1v) is 14.7. The summed E-state index contributed by atoms with van der Waals surface area (Å²) >= 11 is 0. The second-order valence-electron chi connectivity index (χ2n) is 10.7. The fourth-order valence-electron chi connectivity index (χ4n) is 5.89. The van der Waals surface area contributed by atoms with E-state index in [1.54, 1.807) is 0 Å². The van der Waals surface area contributed by atoms with Crippen LogP contribution in [0.4, 0.5) is 5.82 Å². The molecule has 6 aromatic rings. The van der Waals surface area contributed by atoms with Crippen LogP contribution in [0.1, 0.15) is 55.3 Å². The number of nitrogens with zero attached hydrogens (tertiary/aromatic N) is 3. The van der Waals surface area contributed by atoms with Gasteiger partial charge >= 0.3 is 0 Å². The normalized spacial score (nSPS) is 11.9. The van der Waals surface area contributed by atoms with Gasteiger partial charge in [-0.3, -0.25) is 9.78 Å². The molecule has 2 N–H and O–H groups in total. The highest BCUT2D eigenvalue weighted by molar-refractivity contribution is 5.91. The number of carbonyl (C=O) groups is 1. The van der Waals surface area contributed by atoms with Gasteiger partial charge in [0.05, 0.1) is 29.1 Å². The topological polar surface area (TPSA) is 71.8 Å². The third-order valence-corrected chi connectivity index (χ3v) is 7.88. The van der Waals surface area contributed by atoms with Crippen molar-refractivity contribution in [2.75, 3.05) is 11.9 Å². The van der Waals surface area contributed by atoms with Crippen molar-refractivity contribution < 1.29 is 4.79 Å². The summed E-state index contributed by atoms with van der Waals surface area (Å²) in [5, 5.41) is 12.7. The first kappa shape index (κ1) is 30.2. The molecule has 222 valence electrons. The summed E-state index contributed by atoms with van der Waals surface area (Å²) in [5.41, 5.74) is 5.07. The number of pyridine rings is 1. The lowest BCUT2D eigenvalue weighted by atomic mass is 9.77. The summed E-state index contributed by atoms with van der Waals surface area (Å²) in [7, 11) is 0. The van der Waals surface area contributed by atoms with Gasteiger partial charge in [0, 0.05) is 12.7 Å². The smallest absolute Gasteiger partial charge is 0.226 e. The number of nitrogens with one attached hydrogen (secondary N) is 2. The van der Waals surface area contributed by atoms with Gasteiger partial charge in [-0.25, -0.2) is 4.68 Å². The van der Waals surface area contributed by atoms with Crippen LogP contribution in [0.15, 0.2) is 134 Å². The molecule has 2 aromatic heterocycles. The molecule has 2 heterocycles. The molecule has 0 fully saturated rings. The Labute approximate surface area is 259 Å². The molecule has 1 atom stereocenters. The van der Waals surface area contributed by atoms with E-state index >= 15 is 0 Å². The van der Waals surface area contributed by atoms with E-state index in [4.69, 9.17) is 10.1 Å². The molecule has 1 amide bonds. The molecule has 0 saturated carbocycles. The molecule has 0 radical (unpaired) electrons. The van der Waals surface area contributed by atoms with E-state index in [0.29, 0.717) is 12.2 Å². The predicted molar refractivity (Wildman–Crippen MR) is 180 cm³/mol. The summed E-state index contributed by atoms with van der Waals surface area (Å²) in [6.07, 6.45) is 2.00. The zero-order chi connectivity index (χ0) is 29.6. The van der Waals surface area contributed by atoms with Gasteiger partial charge in [-0.15, -0.1) is 0 Å². The Morgan fingerprint density at radius 1 is 0.795 bits per heavy atom. The third-order valence-electron chi connectivity index (χ3n) is 7.88. The van der Waals surface area contributed by atoms with Crippen LogP contribution < -0.4 is 10.6 Å². The highest BCUT2D eigenvalue weighted by Gasteiger charge is 2.41. The molecule has 0 saturated heterocycles. The lowest BCUT2D eigenvalue weighted by molar-refractivity contribution is -0.121. The lowest BCUT2D eigenvalue weighted by Gasteiger charge is -2.37. The van der Waals surface area contributed by atoms with E-state index in [-0.39, 0.29) is 25.8 Å². The zero-order valence-corrected chi connectivity index (χ0v) is 24.4. The third kappa shape index (κ3) is 5.71. The van der Waals surface area contributed by atoms with Crippen molar-refractivity contribution in [3.63, 3.8) is 0 Å². The maximum Gasteiger partial charge on any atom is 0.226 e. The Hall–Kier alpha value is -5.23. The van der Waals surface area contributed by atoms with Crippen LogP contribution in [0, 0.1) is 0 Å². The SMILES string of the molecule is C.CCNc1nn(C(c2ccccc2)(c2ccccc2)c2ccccc2)c2cc(CC(=O)N[C@H](C)c3ccccc3)ncc12. The summed E-state index contributed by atoms with van der Waals surface area (Å²) in [6, 6.07) is 43.3. The van der Waals surface area contributed by atoms with E-state index in [2.05, 4.69) is 95.0 Å². The van der Waals surface area contributed by atoms with E-state index in [1.807, 2.05) is 67.7 Å². The molecule has 0 unspecified atom stereocenters. The first-order chi connectivity index (χ1) is 21.1. The maximum absolute atomic E-state index is 13.2. The number of hydrogen-bond acceptors (Lipinski definition) is 4. The number of anilines is 1. The average molecular weight is 582 g/mol. The van der Waals surface area contributed by atoms with Crippen LogP contribution >= 0.6 is 0 Å². The van der Waals surface area contributed by atoms with E-state index in [9.17, 15) is 4.79 Å². The largest absolute Gasteiger partial charge is 0.368 e. The predicted octanol–water partition coefficient (Wildman–Crippen LogP) is 7.76. The number of carbonyl (C=O) groups excluding carboxylic acids is 1. The van der Waals surface area contributed by atoms with Gasteiger partial charge in [0.15, 0.2) is 5.82 Å². The van der Waals surface area contributed by atoms with Crippen LogP contribution in [0.3, 0.4) is 0 Å². The van der Waals surface area contributed by atoms with Crippen molar-refractivity contribution in [2.45, 2.75) is 39.3 Å². The number of hydrogen-bond donors (Lipinski definition) is 2. The Morgan fingerprint density at radius 2 is 1.30 bits per heavy atom. The lowest BCUT2D eigenvalue weighted by Crippen LogP contribution is -2.38. The Kier molecular flexibility index (Phi) is 9.20. The number of benzene rings is 4. The van der Waals surface area contributed by atoms with Gasteiger partial charge in [0.2, 0.25) is 5.91 Å². The van der Waals surface area contributed by atoms with Crippen LogP contribution in [-0.2, 0) is 16.8 Å². The number of rotatable bonds is 10. The highest BCUT2D eigenvalue weighted by atomic mass is 16.1. The van der Waals surface area contributed by atoms with Gasteiger partial charge in [0.1, 0.15) is 5.54 Å². The number of fused-ring (bicyclic) bond motifs is 1. The second-order valence-corrected chi connectivity index (χ2v) is 10.7. The molecule has 0 bridgehead atoms. The molecule has 0 spiro atoms. The number of amides is 1. The van der Waals surface area contributed by atoms with E-state index in [0.717, 1.165) is 39.0 Å². The monoisotopic (exact) mass is 581 g/mol. The summed E-state index contributed by atoms with van der Waals surface area (Å²) in [6.45, 7) is 4.77. The Balaban J connectivity index is 0.00000384. The summed E-state index contributed by atoms with van der Waals surface area (Å²) < 4.78 is 2.11. The minimum Gasteiger partial charge on any atom is -0.368 e. The van der Waals surface area contributed by atoms with Gasteiger partial charge in [0.25, 0.3) is 0 Å². The number of aromatic nitrogens is 3. The van der Waals surface area contributed by atoms with Crippen LogP contribution in [0.25, 0.3) is 10.9 Å². The summed E-state index contributed by atoms with van der Waals surface area (Å²) in [5.74, 6) is 0.674. The fourth-order valence-corrected chi connectivity index (χ4v) is 5.89. The first-order valence-electron chi connectivity index (χ1n) is 14.7. The van der Waals surface area contributed by atoms with Gasteiger partial charge in [-0.05, 0) is 42.2 Å². The molecular formula is C38H39N5O. The molecule has 4 aromatic carbocycles. The molecule has 0 aliphatic carbocycles. The van der Waals surface area contributed by atoms with Crippen LogP contribution in [0.2, 0.25) is 0 Å². The zero-order valence-electron chi connectivity index (χ0n) is 24.4. The average Bonchev–Trinajstić information content (AvgIpc) is 3.41. The highest BCUT2D eigenvalue weighted by Crippen LogP contribution is 2.43. The summed E-state index contributed by atoms with van der Waals surface area (Å²) in [4.78, 5) is 17.9. The van der Waals surface area contributed by atoms with Gasteiger partial charge in [-0.1, -0.05) is 129 Å². The van der Waals surface area contributed by atoms with Crippen molar-refractivity contribution in [1.29, 1.82) is 0 Å². The van der Waals surface area contributed by atoms with Crippen LogP contribution in [0.5, 0.6) is 0 Å². The molecule has 6 rings (SSSR count). The van der Waals surface area contributed by atoms with Crippen molar-refractivity contribution in [3.05, 3.63) is 162 Å². The van der Waals surface area contributed by atoms with Crippen LogP contribution in [-0.4, -0.2) is 27.2 Å². The Morgan fingerprint density at radius 3 is 1.80 bits per heavy atom. The molecule has 0 aliphatic heterocycles. The van der Waals surface area contributed by atoms with Crippen molar-refractivity contribution in [3.8, 4) is 0 Å². The van der Waals surface area contributed by atoms with Crippen molar-refractivity contribution >= 4 is 22.6 Å². The standard InChI is InChI=1S/C37H35N5O.CH4/c1-3-38-36-33-26-39-32(25-35(43)40-27(2)28-16-8-4-9-17-28)24-34(33)42(41-36)37(29-18-10-5-11-19-29,30-20-12-6-13-21-30)31-22-14-7-15-23-31;/h4-24,26-27H,3,25H2,1-2H3,(H,38,41)(H,40,43);1H4/t27-;/m1./s1.